The highest BCUT2D eigenvalue weighted by atomic mass is 32.1. The van der Waals surface area contributed by atoms with Crippen LogP contribution in [0.3, 0.4) is 0 Å². The number of carbonyl (C=O) groups is 2. The number of amides is 2. The number of nitrogens with zero attached hydrogens (tertiary/aromatic N) is 4. The molecule has 0 saturated carbocycles. The van der Waals surface area contributed by atoms with E-state index in [1.807, 2.05) is 35.8 Å². The van der Waals surface area contributed by atoms with Gasteiger partial charge >= 0.3 is 11.8 Å². The SMILES string of the molecule is O=C(N/N=C/c1ccccc1[N+](=O)[O-])C(=O)Nc1nnc(-c2ccccc2)s1. The summed E-state index contributed by atoms with van der Waals surface area (Å²) in [4.78, 5) is 34.1. The van der Waals surface area contributed by atoms with Gasteiger partial charge in [-0.05, 0) is 6.07 Å². The first-order valence-corrected chi connectivity index (χ1v) is 8.63. The predicted octanol–water partition coefficient (Wildman–Crippen LogP) is 2.20. The van der Waals surface area contributed by atoms with Gasteiger partial charge < -0.3 is 0 Å². The fourth-order valence-corrected chi connectivity index (χ4v) is 2.84. The van der Waals surface area contributed by atoms with E-state index >= 15 is 0 Å². The molecule has 0 saturated heterocycles. The van der Waals surface area contributed by atoms with Crippen LogP contribution in [-0.2, 0) is 9.59 Å². The zero-order chi connectivity index (χ0) is 19.9. The molecule has 140 valence electrons. The fourth-order valence-electron chi connectivity index (χ4n) is 2.10. The maximum Gasteiger partial charge on any atom is 0.329 e. The summed E-state index contributed by atoms with van der Waals surface area (Å²) in [7, 11) is 0. The van der Waals surface area contributed by atoms with Crippen molar-refractivity contribution in [3.8, 4) is 10.6 Å². The zero-order valence-corrected chi connectivity index (χ0v) is 14.9. The molecule has 2 aromatic carbocycles. The van der Waals surface area contributed by atoms with Gasteiger partial charge in [0, 0.05) is 11.6 Å². The van der Waals surface area contributed by atoms with Crippen molar-refractivity contribution in [1.29, 1.82) is 0 Å². The summed E-state index contributed by atoms with van der Waals surface area (Å²) >= 11 is 1.11. The predicted molar refractivity (Wildman–Crippen MR) is 103 cm³/mol. The molecular formula is C17H12N6O4S. The summed E-state index contributed by atoms with van der Waals surface area (Å²) in [6, 6.07) is 15.1. The van der Waals surface area contributed by atoms with Crippen LogP contribution in [-0.4, -0.2) is 33.1 Å². The Bertz CT molecular complexity index is 1050. The van der Waals surface area contributed by atoms with Gasteiger partial charge in [0.15, 0.2) is 0 Å². The van der Waals surface area contributed by atoms with E-state index in [2.05, 4.69) is 20.6 Å². The number of benzene rings is 2. The number of hydrazone groups is 1. The zero-order valence-electron chi connectivity index (χ0n) is 14.1. The van der Waals surface area contributed by atoms with Gasteiger partial charge in [-0.1, -0.05) is 53.8 Å². The molecule has 3 rings (SSSR count). The molecular weight excluding hydrogens is 384 g/mol. The third-order valence-electron chi connectivity index (χ3n) is 3.38. The first-order valence-electron chi connectivity index (χ1n) is 7.81. The van der Waals surface area contributed by atoms with E-state index < -0.39 is 16.7 Å². The lowest BCUT2D eigenvalue weighted by Crippen LogP contribution is -2.32. The Kier molecular flexibility index (Phi) is 5.77. The Labute approximate surface area is 162 Å². The van der Waals surface area contributed by atoms with Crippen molar-refractivity contribution in [3.63, 3.8) is 0 Å². The molecule has 0 radical (unpaired) electrons. The van der Waals surface area contributed by atoms with E-state index in [-0.39, 0.29) is 16.4 Å². The van der Waals surface area contributed by atoms with E-state index in [1.54, 1.807) is 6.07 Å². The summed E-state index contributed by atoms with van der Waals surface area (Å²) < 4.78 is 0. The van der Waals surface area contributed by atoms with Crippen molar-refractivity contribution in [3.05, 3.63) is 70.3 Å². The highest BCUT2D eigenvalue weighted by Gasteiger charge is 2.16. The highest BCUT2D eigenvalue weighted by molar-refractivity contribution is 7.18. The average molecular weight is 396 g/mol. The molecule has 3 aromatic rings. The minimum Gasteiger partial charge on any atom is -0.292 e. The second-order valence-electron chi connectivity index (χ2n) is 5.25. The summed E-state index contributed by atoms with van der Waals surface area (Å²) in [5.41, 5.74) is 2.85. The lowest BCUT2D eigenvalue weighted by molar-refractivity contribution is -0.385. The van der Waals surface area contributed by atoms with Crippen LogP contribution in [0.4, 0.5) is 10.8 Å². The lowest BCUT2D eigenvalue weighted by Gasteiger charge is -1.99. The largest absolute Gasteiger partial charge is 0.329 e. The summed E-state index contributed by atoms with van der Waals surface area (Å²) in [5, 5.41) is 25.3. The van der Waals surface area contributed by atoms with Crippen LogP contribution in [0.1, 0.15) is 5.56 Å². The highest BCUT2D eigenvalue weighted by Crippen LogP contribution is 2.25. The molecule has 0 aliphatic carbocycles. The Morgan fingerprint density at radius 1 is 1.04 bits per heavy atom. The van der Waals surface area contributed by atoms with Crippen molar-refractivity contribution < 1.29 is 14.5 Å². The van der Waals surface area contributed by atoms with Crippen LogP contribution in [0, 0.1) is 10.1 Å². The Morgan fingerprint density at radius 3 is 2.50 bits per heavy atom. The van der Waals surface area contributed by atoms with Gasteiger partial charge in [0.2, 0.25) is 5.13 Å². The number of nitrogens with one attached hydrogen (secondary N) is 2. The minimum atomic E-state index is -1.05. The van der Waals surface area contributed by atoms with Crippen molar-refractivity contribution in [1.82, 2.24) is 15.6 Å². The fraction of sp³-hybridized carbons (Fsp3) is 0. The molecule has 1 aromatic heterocycles. The number of aromatic nitrogens is 2. The molecule has 2 N–H and O–H groups in total. The molecule has 0 bridgehead atoms. The normalized spacial score (nSPS) is 10.6. The average Bonchev–Trinajstić information content (AvgIpc) is 3.17. The number of hydrogen-bond donors (Lipinski definition) is 2. The summed E-state index contributed by atoms with van der Waals surface area (Å²) in [6.07, 6.45) is 1.09. The standard InChI is InChI=1S/C17H12N6O4S/c24-14(19-17-22-21-16(28-17)11-6-2-1-3-7-11)15(25)20-18-10-12-8-4-5-9-13(12)23(26)27/h1-10H,(H,20,25)(H,19,22,24)/b18-10+. The van der Waals surface area contributed by atoms with Gasteiger partial charge in [0.25, 0.3) is 5.69 Å². The molecule has 0 atom stereocenters. The molecule has 0 aliphatic rings. The number of carbonyl (C=O) groups excluding carboxylic acids is 2. The van der Waals surface area contributed by atoms with Crippen molar-refractivity contribution >= 4 is 40.2 Å². The topological polar surface area (TPSA) is 139 Å². The van der Waals surface area contributed by atoms with Crippen LogP contribution in [0.5, 0.6) is 0 Å². The molecule has 11 heteroatoms. The van der Waals surface area contributed by atoms with Gasteiger partial charge in [0.1, 0.15) is 5.01 Å². The van der Waals surface area contributed by atoms with Gasteiger partial charge in [-0.15, -0.1) is 10.2 Å². The second kappa shape index (κ2) is 8.60. The maximum absolute atomic E-state index is 11.9. The molecule has 0 fully saturated rings. The smallest absolute Gasteiger partial charge is 0.292 e. The monoisotopic (exact) mass is 396 g/mol. The number of rotatable bonds is 5. The van der Waals surface area contributed by atoms with Gasteiger partial charge in [-0.25, -0.2) is 5.43 Å². The molecule has 0 unspecified atom stereocenters. The van der Waals surface area contributed by atoms with E-state index in [4.69, 9.17) is 0 Å². The van der Waals surface area contributed by atoms with Crippen molar-refractivity contribution in [2.24, 2.45) is 5.10 Å². The van der Waals surface area contributed by atoms with Crippen LogP contribution in [0.25, 0.3) is 10.6 Å². The van der Waals surface area contributed by atoms with Crippen LogP contribution in [0.15, 0.2) is 59.7 Å². The lowest BCUT2D eigenvalue weighted by atomic mass is 10.2. The Balaban J connectivity index is 1.59. The number of nitro benzene ring substituents is 1. The summed E-state index contributed by atoms with van der Waals surface area (Å²) in [5.74, 6) is -2.04. The Morgan fingerprint density at radius 2 is 1.75 bits per heavy atom. The molecule has 0 aliphatic heterocycles. The molecule has 0 spiro atoms. The number of para-hydroxylation sites is 1. The number of hydrogen-bond acceptors (Lipinski definition) is 8. The van der Waals surface area contributed by atoms with E-state index in [0.717, 1.165) is 23.1 Å². The van der Waals surface area contributed by atoms with Crippen LogP contribution < -0.4 is 10.7 Å². The molecule has 28 heavy (non-hydrogen) atoms. The van der Waals surface area contributed by atoms with Crippen LogP contribution in [0.2, 0.25) is 0 Å². The van der Waals surface area contributed by atoms with Gasteiger partial charge in [-0.2, -0.15) is 5.10 Å². The minimum absolute atomic E-state index is 0.154. The number of nitro groups is 1. The molecule has 2 amide bonds. The first-order chi connectivity index (χ1) is 13.5. The van der Waals surface area contributed by atoms with E-state index in [1.165, 1.54) is 18.2 Å². The third kappa shape index (κ3) is 4.59. The van der Waals surface area contributed by atoms with Crippen molar-refractivity contribution in [2.45, 2.75) is 0 Å². The molecule has 10 nitrogen and oxygen atoms in total. The van der Waals surface area contributed by atoms with Crippen molar-refractivity contribution in [2.75, 3.05) is 5.32 Å². The van der Waals surface area contributed by atoms with E-state index in [0.29, 0.717) is 5.01 Å². The third-order valence-corrected chi connectivity index (χ3v) is 4.26. The Hall–Kier alpha value is -3.99. The van der Waals surface area contributed by atoms with Gasteiger partial charge in [-0.3, -0.25) is 25.0 Å². The van der Waals surface area contributed by atoms with Crippen LogP contribution >= 0.6 is 11.3 Å². The van der Waals surface area contributed by atoms with E-state index in [9.17, 15) is 19.7 Å². The summed E-state index contributed by atoms with van der Waals surface area (Å²) in [6.45, 7) is 0. The maximum atomic E-state index is 11.9. The van der Waals surface area contributed by atoms with Gasteiger partial charge in [0.05, 0.1) is 16.7 Å². The quantitative estimate of drug-likeness (QED) is 0.293. The molecule has 1 heterocycles. The second-order valence-corrected chi connectivity index (χ2v) is 6.23. The first kappa shape index (κ1) is 18.8. The number of anilines is 1.